The smallest absolute Gasteiger partial charge is 0.265 e. The Kier molecular flexibility index (Phi) is 4.75. The molecule has 8 heteroatoms. The molecule has 0 aliphatic carbocycles. The van der Waals surface area contributed by atoms with Gasteiger partial charge in [-0.1, -0.05) is 12.1 Å². The maximum absolute atomic E-state index is 12.2. The summed E-state index contributed by atoms with van der Waals surface area (Å²) >= 11 is 5.00. The molecule has 1 fully saturated rings. The van der Waals surface area contributed by atoms with E-state index in [0.29, 0.717) is 11.3 Å². The van der Waals surface area contributed by atoms with Crippen LogP contribution in [0, 0.1) is 0 Å². The zero-order valence-electron chi connectivity index (χ0n) is 12.4. The number of carbonyl (C=O) groups is 3. The van der Waals surface area contributed by atoms with Crippen LogP contribution < -0.4 is 9.84 Å². The minimum atomic E-state index is -1.32. The fraction of sp³-hybridized carbons (Fsp3) is 0.200. The molecule has 1 aromatic rings. The quantitative estimate of drug-likeness (QED) is 0.416. The molecule has 0 aromatic heterocycles. The first kappa shape index (κ1) is 16.6. The number of carbonyl (C=O) groups excluding carboxylic acids is 3. The normalized spacial score (nSPS) is 15.0. The summed E-state index contributed by atoms with van der Waals surface area (Å²) in [5.74, 6) is -1.93. The van der Waals surface area contributed by atoms with Crippen molar-refractivity contribution in [2.24, 2.45) is 0 Å². The Morgan fingerprint density at radius 2 is 1.70 bits per heavy atom. The molecule has 1 aromatic carbocycles. The fourth-order valence-corrected chi connectivity index (χ4v) is 2.11. The SMILES string of the molecule is CN1C(=O)C(=Cc2ccc(OCC(=O)[O-])cc2)C(=O)N(C)C1=S. The molecule has 1 heterocycles. The van der Waals surface area contributed by atoms with E-state index >= 15 is 0 Å². The van der Waals surface area contributed by atoms with Crippen molar-refractivity contribution in [3.05, 3.63) is 35.4 Å². The van der Waals surface area contributed by atoms with Gasteiger partial charge in [0, 0.05) is 14.1 Å². The first-order chi connectivity index (χ1) is 10.8. The van der Waals surface area contributed by atoms with Gasteiger partial charge in [0.1, 0.15) is 17.9 Å². The van der Waals surface area contributed by atoms with Crippen LogP contribution in [-0.4, -0.2) is 53.4 Å². The van der Waals surface area contributed by atoms with E-state index in [9.17, 15) is 19.5 Å². The highest BCUT2D eigenvalue weighted by atomic mass is 32.1. The van der Waals surface area contributed by atoms with Gasteiger partial charge in [0.2, 0.25) is 0 Å². The number of amides is 2. The second-order valence-electron chi connectivity index (χ2n) is 4.80. The molecule has 0 spiro atoms. The van der Waals surface area contributed by atoms with Crippen LogP contribution in [0.4, 0.5) is 0 Å². The van der Waals surface area contributed by atoms with Gasteiger partial charge < -0.3 is 14.6 Å². The maximum atomic E-state index is 12.2. The third-order valence-electron chi connectivity index (χ3n) is 3.19. The highest BCUT2D eigenvalue weighted by Gasteiger charge is 2.35. The molecule has 1 saturated heterocycles. The molecule has 7 nitrogen and oxygen atoms in total. The van der Waals surface area contributed by atoms with Crippen LogP contribution in [0.15, 0.2) is 29.8 Å². The summed E-state index contributed by atoms with van der Waals surface area (Å²) in [4.78, 5) is 37.1. The van der Waals surface area contributed by atoms with Crippen molar-refractivity contribution in [2.75, 3.05) is 20.7 Å². The zero-order valence-corrected chi connectivity index (χ0v) is 13.3. The summed E-state index contributed by atoms with van der Waals surface area (Å²) in [5.41, 5.74) is 0.587. The monoisotopic (exact) mass is 333 g/mol. The van der Waals surface area contributed by atoms with Gasteiger partial charge in [-0.25, -0.2) is 0 Å². The summed E-state index contributed by atoms with van der Waals surface area (Å²) in [7, 11) is 3.00. The Labute approximate surface area is 137 Å². The van der Waals surface area contributed by atoms with Crippen LogP contribution >= 0.6 is 12.2 Å². The molecule has 0 bridgehead atoms. The van der Waals surface area contributed by atoms with Gasteiger partial charge in [0.05, 0.1) is 5.97 Å². The van der Waals surface area contributed by atoms with Crippen molar-refractivity contribution in [3.8, 4) is 5.75 Å². The van der Waals surface area contributed by atoms with E-state index in [0.717, 1.165) is 0 Å². The van der Waals surface area contributed by atoms with Crippen LogP contribution in [0.25, 0.3) is 6.08 Å². The Hall–Kier alpha value is -2.74. The van der Waals surface area contributed by atoms with E-state index in [4.69, 9.17) is 17.0 Å². The Morgan fingerprint density at radius 3 is 2.17 bits per heavy atom. The summed E-state index contributed by atoms with van der Waals surface area (Å²) in [6.45, 7) is -0.551. The third kappa shape index (κ3) is 3.54. The summed E-state index contributed by atoms with van der Waals surface area (Å²) in [6, 6.07) is 6.27. The highest BCUT2D eigenvalue weighted by molar-refractivity contribution is 7.80. The average molecular weight is 333 g/mol. The summed E-state index contributed by atoms with van der Waals surface area (Å²) < 4.78 is 4.95. The number of hydrogen-bond acceptors (Lipinski definition) is 6. The molecule has 0 saturated carbocycles. The topological polar surface area (TPSA) is 90.0 Å². The minimum Gasteiger partial charge on any atom is -0.546 e. The van der Waals surface area contributed by atoms with Crippen molar-refractivity contribution in [1.29, 1.82) is 0 Å². The van der Waals surface area contributed by atoms with Gasteiger partial charge in [0.15, 0.2) is 5.11 Å². The van der Waals surface area contributed by atoms with Crippen molar-refractivity contribution < 1.29 is 24.2 Å². The summed E-state index contributed by atoms with van der Waals surface area (Å²) in [5, 5.41) is 10.5. The Morgan fingerprint density at radius 1 is 1.17 bits per heavy atom. The predicted octanol–water partition coefficient (Wildman–Crippen LogP) is -0.586. The molecular formula is C15H13N2O5S-. The predicted molar refractivity (Wildman–Crippen MR) is 83.1 cm³/mol. The molecular weight excluding hydrogens is 320 g/mol. The van der Waals surface area contributed by atoms with Crippen LogP contribution in [0.1, 0.15) is 5.56 Å². The molecule has 2 amide bonds. The Balaban J connectivity index is 2.23. The number of benzene rings is 1. The van der Waals surface area contributed by atoms with E-state index in [1.54, 1.807) is 12.1 Å². The number of nitrogens with zero attached hydrogens (tertiary/aromatic N) is 2. The maximum Gasteiger partial charge on any atom is 0.265 e. The number of aliphatic carboxylic acids is 1. The van der Waals surface area contributed by atoms with Gasteiger partial charge in [-0.05, 0) is 36.0 Å². The third-order valence-corrected chi connectivity index (χ3v) is 3.74. The van der Waals surface area contributed by atoms with E-state index in [2.05, 4.69) is 0 Å². The number of carboxylic acids is 1. The van der Waals surface area contributed by atoms with Gasteiger partial charge in [-0.3, -0.25) is 19.4 Å². The molecule has 2 rings (SSSR count). The fourth-order valence-electron chi connectivity index (χ4n) is 1.94. The van der Waals surface area contributed by atoms with E-state index < -0.39 is 24.4 Å². The number of ether oxygens (including phenoxy) is 1. The van der Waals surface area contributed by atoms with Crippen molar-refractivity contribution in [1.82, 2.24) is 9.80 Å². The number of thiocarbonyl (C=S) groups is 1. The molecule has 0 N–H and O–H groups in total. The zero-order chi connectivity index (χ0) is 17.1. The number of hydrogen-bond donors (Lipinski definition) is 0. The second kappa shape index (κ2) is 6.57. The molecule has 0 atom stereocenters. The largest absolute Gasteiger partial charge is 0.546 e. The first-order valence-electron chi connectivity index (χ1n) is 6.55. The number of carboxylic acid groups (broad SMARTS) is 1. The van der Waals surface area contributed by atoms with Crippen LogP contribution in [0.5, 0.6) is 5.75 Å². The highest BCUT2D eigenvalue weighted by Crippen LogP contribution is 2.19. The van der Waals surface area contributed by atoms with Crippen LogP contribution in [0.2, 0.25) is 0 Å². The molecule has 1 aliphatic rings. The van der Waals surface area contributed by atoms with Gasteiger partial charge >= 0.3 is 0 Å². The average Bonchev–Trinajstić information content (AvgIpc) is 2.54. The van der Waals surface area contributed by atoms with Crippen molar-refractivity contribution in [2.45, 2.75) is 0 Å². The molecule has 1 aliphatic heterocycles. The first-order valence-corrected chi connectivity index (χ1v) is 6.96. The number of rotatable bonds is 4. The van der Waals surface area contributed by atoms with Crippen molar-refractivity contribution >= 4 is 41.2 Å². The molecule has 0 unspecified atom stereocenters. The molecule has 23 heavy (non-hydrogen) atoms. The lowest BCUT2D eigenvalue weighted by Crippen LogP contribution is -2.52. The van der Waals surface area contributed by atoms with Crippen LogP contribution in [0.3, 0.4) is 0 Å². The minimum absolute atomic E-state index is 0.00740. The van der Waals surface area contributed by atoms with Crippen LogP contribution in [-0.2, 0) is 14.4 Å². The molecule has 0 radical (unpaired) electrons. The Bertz CT molecular complexity index is 685. The number of likely N-dealkylation sites (N-methyl/N-ethyl adjacent to an activating group) is 2. The standard InChI is InChI=1S/C15H14N2O5S/c1-16-13(20)11(14(21)17(2)15(16)23)7-9-3-5-10(6-4-9)22-8-12(18)19/h3-7H,8H2,1-2H3,(H,18,19)/p-1. The van der Waals surface area contributed by atoms with E-state index in [1.807, 2.05) is 0 Å². The lowest BCUT2D eigenvalue weighted by Gasteiger charge is -2.31. The van der Waals surface area contributed by atoms with E-state index in [1.165, 1.54) is 42.1 Å². The molecule has 120 valence electrons. The lowest BCUT2D eigenvalue weighted by molar-refractivity contribution is -0.307. The van der Waals surface area contributed by atoms with E-state index in [-0.39, 0.29) is 10.7 Å². The van der Waals surface area contributed by atoms with Gasteiger partial charge in [-0.2, -0.15) is 0 Å². The van der Waals surface area contributed by atoms with Gasteiger partial charge in [-0.15, -0.1) is 0 Å². The lowest BCUT2D eigenvalue weighted by atomic mass is 10.1. The van der Waals surface area contributed by atoms with Gasteiger partial charge in [0.25, 0.3) is 11.8 Å². The van der Waals surface area contributed by atoms with Crippen molar-refractivity contribution in [3.63, 3.8) is 0 Å². The summed E-state index contributed by atoms with van der Waals surface area (Å²) in [6.07, 6.45) is 1.45. The second-order valence-corrected chi connectivity index (χ2v) is 5.16.